The molecule has 0 aromatic carbocycles. The van der Waals surface area contributed by atoms with E-state index in [9.17, 15) is 4.79 Å². The van der Waals surface area contributed by atoms with Crippen LogP contribution in [0.15, 0.2) is 18.3 Å². The lowest BCUT2D eigenvalue weighted by atomic mass is 10.1. The number of carbonyl (C=O) groups excluding carboxylic acids is 1. The number of nitrogens with zero attached hydrogens (tertiary/aromatic N) is 2. The van der Waals surface area contributed by atoms with Crippen LogP contribution in [-0.2, 0) is 5.54 Å². The molecule has 0 atom stereocenters. The standard InChI is InChI=1S/C12H13ClN2OS/c1-12(2,3)15-6-8(7-16)11(14-15)9-4-5-10(13)17-9/h4-7H,1-3H3. The maximum Gasteiger partial charge on any atom is 0.153 e. The molecule has 0 saturated carbocycles. The molecule has 0 aliphatic heterocycles. The van der Waals surface area contributed by atoms with Crippen molar-refractivity contribution < 1.29 is 4.79 Å². The highest BCUT2D eigenvalue weighted by Crippen LogP contribution is 2.32. The van der Waals surface area contributed by atoms with Crippen LogP contribution in [0, 0.1) is 0 Å². The zero-order valence-corrected chi connectivity index (χ0v) is 11.5. The Bertz CT molecular complexity index is 551. The van der Waals surface area contributed by atoms with E-state index < -0.39 is 0 Å². The topological polar surface area (TPSA) is 34.9 Å². The van der Waals surface area contributed by atoms with Gasteiger partial charge in [-0.25, -0.2) is 0 Å². The van der Waals surface area contributed by atoms with Crippen LogP contribution in [-0.4, -0.2) is 16.1 Å². The summed E-state index contributed by atoms with van der Waals surface area (Å²) in [6.07, 6.45) is 2.61. The van der Waals surface area contributed by atoms with Crippen LogP contribution in [0.25, 0.3) is 10.6 Å². The Morgan fingerprint density at radius 3 is 2.59 bits per heavy atom. The highest BCUT2D eigenvalue weighted by atomic mass is 35.5. The molecule has 2 rings (SSSR count). The molecule has 0 N–H and O–H groups in total. The molecule has 3 nitrogen and oxygen atoms in total. The molecule has 2 aromatic heterocycles. The Kier molecular flexibility index (Phi) is 3.10. The Morgan fingerprint density at radius 1 is 1.41 bits per heavy atom. The number of carbonyl (C=O) groups is 1. The van der Waals surface area contributed by atoms with E-state index in [4.69, 9.17) is 11.6 Å². The predicted octanol–water partition coefficient (Wildman–Crippen LogP) is 3.83. The Balaban J connectivity index is 2.54. The van der Waals surface area contributed by atoms with E-state index in [-0.39, 0.29) is 5.54 Å². The lowest BCUT2D eigenvalue weighted by Crippen LogP contribution is -2.22. The fraction of sp³-hybridized carbons (Fsp3) is 0.333. The Morgan fingerprint density at radius 2 is 2.12 bits per heavy atom. The summed E-state index contributed by atoms with van der Waals surface area (Å²) < 4.78 is 2.50. The van der Waals surface area contributed by atoms with Crippen molar-refractivity contribution in [3.05, 3.63) is 28.2 Å². The average molecular weight is 269 g/mol. The molecule has 0 amide bonds. The Hall–Kier alpha value is -1.13. The molecule has 90 valence electrons. The van der Waals surface area contributed by atoms with E-state index in [1.54, 1.807) is 10.9 Å². The average Bonchev–Trinajstić information content (AvgIpc) is 2.81. The molecule has 0 aliphatic rings. The van der Waals surface area contributed by atoms with Crippen molar-refractivity contribution in [1.29, 1.82) is 0 Å². The zero-order chi connectivity index (χ0) is 12.6. The summed E-state index contributed by atoms with van der Waals surface area (Å²) in [7, 11) is 0. The molecular formula is C12H13ClN2OS. The van der Waals surface area contributed by atoms with Gasteiger partial charge in [0.2, 0.25) is 0 Å². The number of rotatable bonds is 2. The van der Waals surface area contributed by atoms with Crippen molar-refractivity contribution in [3.8, 4) is 10.6 Å². The second-order valence-corrected chi connectivity index (χ2v) is 6.49. The van der Waals surface area contributed by atoms with Gasteiger partial charge in [0.25, 0.3) is 0 Å². The largest absolute Gasteiger partial charge is 0.298 e. The first kappa shape index (κ1) is 12.3. The van der Waals surface area contributed by atoms with Crippen molar-refractivity contribution in [2.45, 2.75) is 26.3 Å². The third-order valence-corrected chi connectivity index (χ3v) is 3.60. The summed E-state index contributed by atoms with van der Waals surface area (Å²) in [5.41, 5.74) is 1.15. The van der Waals surface area contributed by atoms with E-state index in [1.807, 2.05) is 32.9 Å². The van der Waals surface area contributed by atoms with E-state index in [0.29, 0.717) is 15.6 Å². The van der Waals surface area contributed by atoms with E-state index in [1.165, 1.54) is 11.3 Å². The maximum atomic E-state index is 11.1. The second kappa shape index (κ2) is 4.27. The smallest absolute Gasteiger partial charge is 0.153 e. The normalized spacial score (nSPS) is 11.8. The van der Waals surface area contributed by atoms with E-state index >= 15 is 0 Å². The van der Waals surface area contributed by atoms with Crippen LogP contribution < -0.4 is 0 Å². The highest BCUT2D eigenvalue weighted by molar-refractivity contribution is 7.19. The third-order valence-electron chi connectivity index (χ3n) is 2.36. The van der Waals surface area contributed by atoms with Crippen molar-refractivity contribution in [1.82, 2.24) is 9.78 Å². The molecule has 0 saturated heterocycles. The zero-order valence-electron chi connectivity index (χ0n) is 9.90. The van der Waals surface area contributed by atoms with E-state index in [2.05, 4.69) is 5.10 Å². The van der Waals surface area contributed by atoms with Crippen LogP contribution in [0.3, 0.4) is 0 Å². The van der Waals surface area contributed by atoms with Crippen LogP contribution in [0.4, 0.5) is 0 Å². The van der Waals surface area contributed by atoms with Crippen molar-refractivity contribution in [3.63, 3.8) is 0 Å². The van der Waals surface area contributed by atoms with Crippen LogP contribution in [0.1, 0.15) is 31.1 Å². The van der Waals surface area contributed by atoms with Gasteiger partial charge in [-0.2, -0.15) is 5.10 Å². The summed E-state index contributed by atoms with van der Waals surface area (Å²) in [5.74, 6) is 0. The molecule has 17 heavy (non-hydrogen) atoms. The minimum Gasteiger partial charge on any atom is -0.298 e. The number of thiophene rings is 1. The molecule has 2 heterocycles. The van der Waals surface area contributed by atoms with Gasteiger partial charge in [-0.1, -0.05) is 11.6 Å². The number of aldehydes is 1. The molecular weight excluding hydrogens is 256 g/mol. The first-order valence-corrected chi connectivity index (χ1v) is 6.42. The summed E-state index contributed by atoms with van der Waals surface area (Å²) in [6.45, 7) is 6.12. The monoisotopic (exact) mass is 268 g/mol. The van der Waals surface area contributed by atoms with Gasteiger partial charge in [-0.05, 0) is 32.9 Å². The number of aromatic nitrogens is 2. The fourth-order valence-corrected chi connectivity index (χ4v) is 2.50. The maximum absolute atomic E-state index is 11.1. The second-order valence-electron chi connectivity index (χ2n) is 4.77. The first-order valence-electron chi connectivity index (χ1n) is 5.23. The summed E-state index contributed by atoms with van der Waals surface area (Å²) in [4.78, 5) is 12.0. The van der Waals surface area contributed by atoms with Gasteiger partial charge in [0.1, 0.15) is 5.69 Å². The molecule has 0 unspecified atom stereocenters. The van der Waals surface area contributed by atoms with Gasteiger partial charge in [0.15, 0.2) is 6.29 Å². The Labute approximate surface area is 109 Å². The fourth-order valence-electron chi connectivity index (χ4n) is 1.45. The molecule has 5 heteroatoms. The molecule has 0 spiro atoms. The quantitative estimate of drug-likeness (QED) is 0.776. The first-order chi connectivity index (χ1) is 7.91. The minimum atomic E-state index is -0.142. The van der Waals surface area contributed by atoms with Gasteiger partial charge in [0, 0.05) is 6.20 Å². The minimum absolute atomic E-state index is 0.142. The molecule has 0 radical (unpaired) electrons. The van der Waals surface area contributed by atoms with Crippen LogP contribution in [0.2, 0.25) is 4.34 Å². The van der Waals surface area contributed by atoms with Crippen molar-refractivity contribution >= 4 is 29.2 Å². The molecule has 0 fully saturated rings. The van der Waals surface area contributed by atoms with Crippen molar-refractivity contribution in [2.75, 3.05) is 0 Å². The lowest BCUT2D eigenvalue weighted by molar-refractivity contribution is 0.112. The number of halogens is 1. The SMILES string of the molecule is CC(C)(C)n1cc(C=O)c(-c2ccc(Cl)s2)n1. The highest BCUT2D eigenvalue weighted by Gasteiger charge is 2.19. The third kappa shape index (κ3) is 2.42. The number of hydrogen-bond donors (Lipinski definition) is 0. The summed E-state index contributed by atoms with van der Waals surface area (Å²) in [5, 5.41) is 4.47. The molecule has 0 bridgehead atoms. The van der Waals surface area contributed by atoms with Crippen LogP contribution >= 0.6 is 22.9 Å². The van der Waals surface area contributed by atoms with Gasteiger partial charge in [0.05, 0.1) is 20.3 Å². The van der Waals surface area contributed by atoms with Gasteiger partial charge in [-0.15, -0.1) is 11.3 Å². The molecule has 2 aromatic rings. The van der Waals surface area contributed by atoms with Gasteiger partial charge >= 0.3 is 0 Å². The van der Waals surface area contributed by atoms with Gasteiger partial charge in [-0.3, -0.25) is 9.48 Å². The lowest BCUT2D eigenvalue weighted by Gasteiger charge is -2.18. The van der Waals surface area contributed by atoms with Crippen LogP contribution in [0.5, 0.6) is 0 Å². The predicted molar refractivity (Wildman–Crippen MR) is 70.9 cm³/mol. The number of hydrogen-bond acceptors (Lipinski definition) is 3. The molecule has 0 aliphatic carbocycles. The van der Waals surface area contributed by atoms with Gasteiger partial charge < -0.3 is 0 Å². The van der Waals surface area contributed by atoms with E-state index in [0.717, 1.165) is 11.2 Å². The summed E-state index contributed by atoms with van der Waals surface area (Å²) >= 11 is 7.32. The van der Waals surface area contributed by atoms with Crippen molar-refractivity contribution in [2.24, 2.45) is 0 Å². The summed E-state index contributed by atoms with van der Waals surface area (Å²) in [6, 6.07) is 3.70.